The zero-order chi connectivity index (χ0) is 13.8. The Balaban J connectivity index is 1.91. The number of carbonyl (C=O) groups excluding carboxylic acids is 1. The first-order valence-electron chi connectivity index (χ1n) is 5.55. The molecule has 1 amide bonds. The number of thiophene rings is 1. The van der Waals surface area contributed by atoms with Crippen molar-refractivity contribution in [2.24, 2.45) is 0 Å². The van der Waals surface area contributed by atoms with E-state index < -0.39 is 0 Å². The van der Waals surface area contributed by atoms with Gasteiger partial charge in [0.25, 0.3) is 0 Å². The van der Waals surface area contributed by atoms with E-state index in [2.05, 4.69) is 26.2 Å². The van der Waals surface area contributed by atoms with Crippen molar-refractivity contribution >= 4 is 33.2 Å². The molecule has 1 N–H and O–H groups in total. The van der Waals surface area contributed by atoms with Gasteiger partial charge in [0.2, 0.25) is 5.91 Å². The second-order valence-corrected chi connectivity index (χ2v) is 5.96. The van der Waals surface area contributed by atoms with Gasteiger partial charge in [0, 0.05) is 21.8 Å². The summed E-state index contributed by atoms with van der Waals surface area (Å²) in [5.41, 5.74) is 0.456. The molecule has 0 atom stereocenters. The molecule has 0 aliphatic carbocycles. The van der Waals surface area contributed by atoms with Gasteiger partial charge in [0.15, 0.2) is 0 Å². The monoisotopic (exact) mass is 344 g/mol. The number of hydrogen-bond donors (Lipinski definition) is 1. The first kappa shape index (κ1) is 14.2. The lowest BCUT2D eigenvalue weighted by atomic mass is 10.4. The van der Waals surface area contributed by atoms with Crippen molar-refractivity contribution < 1.29 is 9.90 Å². The van der Waals surface area contributed by atoms with E-state index in [-0.39, 0.29) is 19.1 Å². The lowest BCUT2D eigenvalue weighted by Crippen LogP contribution is -2.29. The fourth-order valence-corrected chi connectivity index (χ4v) is 3.01. The van der Waals surface area contributed by atoms with Gasteiger partial charge < -0.3 is 10.0 Å². The lowest BCUT2D eigenvalue weighted by molar-refractivity contribution is -0.131. The number of aromatic nitrogens is 3. The van der Waals surface area contributed by atoms with Gasteiger partial charge in [-0.05, 0) is 22.0 Å². The quantitative estimate of drug-likeness (QED) is 0.886. The van der Waals surface area contributed by atoms with Crippen LogP contribution in [0, 0.1) is 0 Å². The first-order valence-corrected chi connectivity index (χ1v) is 7.22. The molecule has 0 aliphatic rings. The zero-order valence-electron chi connectivity index (χ0n) is 10.3. The molecule has 8 heteroatoms. The summed E-state index contributed by atoms with van der Waals surface area (Å²) in [5.74, 6) is -0.0566. The first-order chi connectivity index (χ1) is 9.08. The molecule has 0 saturated heterocycles. The number of rotatable bonds is 5. The number of aliphatic hydroxyl groups is 1. The maximum atomic E-state index is 12.0. The molecule has 19 heavy (non-hydrogen) atoms. The Morgan fingerprint density at radius 1 is 1.63 bits per heavy atom. The number of halogens is 1. The summed E-state index contributed by atoms with van der Waals surface area (Å²) in [6.07, 6.45) is 1.56. The average molecular weight is 345 g/mol. The van der Waals surface area contributed by atoms with Crippen LogP contribution in [0.2, 0.25) is 0 Å². The molecule has 0 spiro atoms. The standard InChI is InChI=1S/C11H13BrN4O2S/c1-15(4-10-2-8(12)7-19-10)11(18)5-16-3-9(6-17)13-14-16/h2-3,7,17H,4-6H2,1H3. The van der Waals surface area contributed by atoms with E-state index in [4.69, 9.17) is 5.11 Å². The molecule has 2 rings (SSSR count). The van der Waals surface area contributed by atoms with Crippen molar-refractivity contribution in [3.63, 3.8) is 0 Å². The van der Waals surface area contributed by atoms with Gasteiger partial charge in [-0.3, -0.25) is 4.79 Å². The van der Waals surface area contributed by atoms with Crippen molar-refractivity contribution in [1.29, 1.82) is 0 Å². The highest BCUT2D eigenvalue weighted by Gasteiger charge is 2.12. The van der Waals surface area contributed by atoms with Crippen molar-refractivity contribution in [2.45, 2.75) is 19.7 Å². The Labute approximate surface area is 122 Å². The largest absolute Gasteiger partial charge is 0.390 e. The number of amides is 1. The fraction of sp³-hybridized carbons (Fsp3) is 0.364. The maximum Gasteiger partial charge on any atom is 0.244 e. The van der Waals surface area contributed by atoms with E-state index in [9.17, 15) is 4.79 Å². The molecule has 0 radical (unpaired) electrons. The van der Waals surface area contributed by atoms with Crippen molar-refractivity contribution in [3.05, 3.63) is 32.7 Å². The average Bonchev–Trinajstić information content (AvgIpc) is 2.98. The van der Waals surface area contributed by atoms with Gasteiger partial charge in [0.1, 0.15) is 12.2 Å². The highest BCUT2D eigenvalue weighted by molar-refractivity contribution is 9.10. The van der Waals surface area contributed by atoms with Crippen LogP contribution >= 0.6 is 27.3 Å². The molecule has 0 bridgehead atoms. The second-order valence-electron chi connectivity index (χ2n) is 4.05. The Bertz CT molecular complexity index is 569. The zero-order valence-corrected chi connectivity index (χ0v) is 12.7. The Hall–Kier alpha value is -1.25. The van der Waals surface area contributed by atoms with E-state index in [1.807, 2.05) is 11.4 Å². The van der Waals surface area contributed by atoms with Crippen LogP contribution in [0.15, 0.2) is 22.1 Å². The molecule has 0 fully saturated rings. The molecule has 6 nitrogen and oxygen atoms in total. The lowest BCUT2D eigenvalue weighted by Gasteiger charge is -2.15. The third-order valence-corrected chi connectivity index (χ3v) is 4.17. The summed E-state index contributed by atoms with van der Waals surface area (Å²) in [4.78, 5) is 14.7. The van der Waals surface area contributed by atoms with Crippen LogP contribution in [-0.2, 0) is 24.5 Å². The van der Waals surface area contributed by atoms with Crippen LogP contribution in [0.4, 0.5) is 0 Å². The number of aliphatic hydroxyl groups excluding tert-OH is 1. The van der Waals surface area contributed by atoms with Crippen molar-refractivity contribution in [2.75, 3.05) is 7.05 Å². The van der Waals surface area contributed by atoms with E-state index in [1.54, 1.807) is 29.5 Å². The highest BCUT2D eigenvalue weighted by Crippen LogP contribution is 2.20. The van der Waals surface area contributed by atoms with Gasteiger partial charge in [-0.25, -0.2) is 4.68 Å². The van der Waals surface area contributed by atoms with E-state index in [1.165, 1.54) is 4.68 Å². The number of likely N-dealkylation sites (N-methyl/N-ethyl adjacent to an activating group) is 1. The number of carbonyl (C=O) groups is 1. The fourth-order valence-electron chi connectivity index (χ4n) is 1.51. The number of nitrogens with zero attached hydrogens (tertiary/aromatic N) is 4. The molecule has 102 valence electrons. The summed E-state index contributed by atoms with van der Waals surface area (Å²) in [6, 6.07) is 1.99. The van der Waals surface area contributed by atoms with Crippen LogP contribution in [-0.4, -0.2) is 38.0 Å². The minimum atomic E-state index is -0.173. The Kier molecular flexibility index (Phi) is 4.67. The topological polar surface area (TPSA) is 71.2 Å². The summed E-state index contributed by atoms with van der Waals surface area (Å²) in [5, 5.41) is 18.4. The molecule has 0 unspecified atom stereocenters. The van der Waals surface area contributed by atoms with Crippen molar-refractivity contribution in [3.8, 4) is 0 Å². The molecule has 0 aromatic carbocycles. The van der Waals surface area contributed by atoms with Gasteiger partial charge in [-0.1, -0.05) is 5.21 Å². The molecule has 0 saturated carbocycles. The third-order valence-electron chi connectivity index (χ3n) is 2.49. The molecule has 2 aromatic rings. The van der Waals surface area contributed by atoms with Crippen molar-refractivity contribution in [1.82, 2.24) is 19.9 Å². The Morgan fingerprint density at radius 3 is 3.00 bits per heavy atom. The second kappa shape index (κ2) is 6.27. The summed E-state index contributed by atoms with van der Waals surface area (Å²) in [7, 11) is 1.75. The summed E-state index contributed by atoms with van der Waals surface area (Å²) < 4.78 is 2.45. The van der Waals surface area contributed by atoms with Crippen LogP contribution in [0.5, 0.6) is 0 Å². The third kappa shape index (κ3) is 3.85. The normalized spacial score (nSPS) is 10.7. The van der Waals surface area contributed by atoms with Crippen LogP contribution in [0.3, 0.4) is 0 Å². The number of hydrogen-bond acceptors (Lipinski definition) is 5. The molecule has 0 aliphatic heterocycles. The molecular weight excluding hydrogens is 332 g/mol. The SMILES string of the molecule is CN(Cc1cc(Br)cs1)C(=O)Cn1cc(CO)nn1. The maximum absolute atomic E-state index is 12.0. The summed E-state index contributed by atoms with van der Waals surface area (Å²) >= 11 is 4.99. The minimum absolute atomic E-state index is 0.0566. The van der Waals surface area contributed by atoms with Gasteiger partial charge in [-0.2, -0.15) is 0 Å². The molecular formula is C11H13BrN4O2S. The van der Waals surface area contributed by atoms with E-state index in [0.29, 0.717) is 12.2 Å². The van der Waals surface area contributed by atoms with Crippen LogP contribution in [0.25, 0.3) is 0 Å². The van der Waals surface area contributed by atoms with Gasteiger partial charge >= 0.3 is 0 Å². The predicted molar refractivity (Wildman–Crippen MR) is 74.4 cm³/mol. The van der Waals surface area contributed by atoms with E-state index in [0.717, 1.165) is 9.35 Å². The van der Waals surface area contributed by atoms with E-state index >= 15 is 0 Å². The smallest absolute Gasteiger partial charge is 0.244 e. The van der Waals surface area contributed by atoms with Crippen LogP contribution in [0.1, 0.15) is 10.6 Å². The highest BCUT2D eigenvalue weighted by atomic mass is 79.9. The molecule has 2 aromatic heterocycles. The van der Waals surface area contributed by atoms with Gasteiger partial charge in [0.05, 0.1) is 19.3 Å². The predicted octanol–water partition coefficient (Wildman–Crippen LogP) is 1.25. The summed E-state index contributed by atoms with van der Waals surface area (Å²) in [6.45, 7) is 0.514. The van der Waals surface area contributed by atoms with Gasteiger partial charge in [-0.15, -0.1) is 16.4 Å². The molecule has 2 heterocycles. The minimum Gasteiger partial charge on any atom is -0.390 e. The Morgan fingerprint density at radius 2 is 2.42 bits per heavy atom. The van der Waals surface area contributed by atoms with Crippen LogP contribution < -0.4 is 0 Å².